The highest BCUT2D eigenvalue weighted by molar-refractivity contribution is 7.89. The summed E-state index contributed by atoms with van der Waals surface area (Å²) in [5, 5.41) is 5.84. The van der Waals surface area contributed by atoms with Gasteiger partial charge in [-0.2, -0.15) is 0 Å². The lowest BCUT2D eigenvalue weighted by Crippen LogP contribution is -2.29. The lowest BCUT2D eigenvalue weighted by atomic mass is 10.1. The van der Waals surface area contributed by atoms with Crippen LogP contribution in [0.4, 0.5) is 0 Å². The zero-order valence-electron chi connectivity index (χ0n) is 13.0. The number of sulfonamides is 1. The summed E-state index contributed by atoms with van der Waals surface area (Å²) >= 11 is 11.9. The highest BCUT2D eigenvalue weighted by atomic mass is 35.5. The van der Waals surface area contributed by atoms with Gasteiger partial charge in [0.05, 0.1) is 10.9 Å². The molecule has 0 saturated carbocycles. The van der Waals surface area contributed by atoms with E-state index in [1.54, 1.807) is 37.4 Å². The summed E-state index contributed by atoms with van der Waals surface area (Å²) in [5.74, 6) is -0.248. The topological polar surface area (TPSA) is 80.5 Å². The number of nitrogens with two attached hydrogens (primary N) is 1. The van der Waals surface area contributed by atoms with Crippen LogP contribution in [0.15, 0.2) is 47.4 Å². The Morgan fingerprint density at radius 1 is 1.08 bits per heavy atom. The summed E-state index contributed by atoms with van der Waals surface area (Å²) in [6.07, 6.45) is 0. The van der Waals surface area contributed by atoms with E-state index < -0.39 is 10.0 Å². The van der Waals surface area contributed by atoms with Gasteiger partial charge in [-0.3, -0.25) is 4.79 Å². The van der Waals surface area contributed by atoms with Crippen molar-refractivity contribution in [2.24, 2.45) is 5.14 Å². The molecule has 2 aromatic carbocycles. The molecule has 0 radical (unpaired) electrons. The number of halogens is 2. The fourth-order valence-corrected chi connectivity index (χ4v) is 3.26. The molecule has 0 spiro atoms. The third kappa shape index (κ3) is 4.27. The predicted octanol–water partition coefficient (Wildman–Crippen LogP) is 3.47. The van der Waals surface area contributed by atoms with Gasteiger partial charge in [-0.1, -0.05) is 35.3 Å². The minimum Gasteiger partial charge on any atom is -0.335 e. The van der Waals surface area contributed by atoms with Crippen molar-refractivity contribution in [3.05, 3.63) is 63.6 Å². The van der Waals surface area contributed by atoms with Gasteiger partial charge in [-0.25, -0.2) is 13.6 Å². The maximum atomic E-state index is 12.6. The van der Waals surface area contributed by atoms with Crippen molar-refractivity contribution >= 4 is 39.1 Å². The Bertz CT molecular complexity index is 847. The number of hydrogen-bond acceptors (Lipinski definition) is 3. The molecule has 1 unspecified atom stereocenters. The van der Waals surface area contributed by atoms with Crippen molar-refractivity contribution in [2.45, 2.75) is 17.9 Å². The van der Waals surface area contributed by atoms with E-state index in [1.165, 1.54) is 17.0 Å². The van der Waals surface area contributed by atoms with Gasteiger partial charge >= 0.3 is 0 Å². The van der Waals surface area contributed by atoms with Crippen LogP contribution in [0.3, 0.4) is 0 Å². The third-order valence-corrected chi connectivity index (χ3v) is 5.07. The SMILES string of the molecule is CC(c1ccc(S(N)(=O)=O)cc1)N(C)C(=O)c1cc(Cl)cc(Cl)c1. The predicted molar refractivity (Wildman–Crippen MR) is 94.8 cm³/mol. The lowest BCUT2D eigenvalue weighted by molar-refractivity contribution is 0.0742. The van der Waals surface area contributed by atoms with E-state index in [2.05, 4.69) is 0 Å². The van der Waals surface area contributed by atoms with Gasteiger partial charge < -0.3 is 4.90 Å². The molecule has 0 heterocycles. The highest BCUT2D eigenvalue weighted by Crippen LogP contribution is 2.25. The van der Waals surface area contributed by atoms with Crippen LogP contribution < -0.4 is 5.14 Å². The van der Waals surface area contributed by atoms with Crippen molar-refractivity contribution in [2.75, 3.05) is 7.05 Å². The van der Waals surface area contributed by atoms with E-state index in [0.717, 1.165) is 5.56 Å². The van der Waals surface area contributed by atoms with Crippen molar-refractivity contribution < 1.29 is 13.2 Å². The normalized spacial score (nSPS) is 12.7. The number of benzene rings is 2. The molecule has 1 atom stereocenters. The zero-order chi connectivity index (χ0) is 18.1. The molecular formula is C16H16Cl2N2O3S. The van der Waals surface area contributed by atoms with Crippen LogP contribution in [0.1, 0.15) is 28.9 Å². The molecule has 0 aromatic heterocycles. The summed E-state index contributed by atoms with van der Waals surface area (Å²) in [6.45, 7) is 1.83. The zero-order valence-corrected chi connectivity index (χ0v) is 15.4. The maximum Gasteiger partial charge on any atom is 0.254 e. The highest BCUT2D eigenvalue weighted by Gasteiger charge is 2.20. The van der Waals surface area contributed by atoms with Crippen LogP contribution in [0.2, 0.25) is 10.0 Å². The van der Waals surface area contributed by atoms with E-state index in [1.807, 2.05) is 6.92 Å². The molecule has 0 bridgehead atoms. The molecule has 0 aliphatic heterocycles. The molecule has 0 aliphatic rings. The Hall–Kier alpha value is -1.60. The molecule has 24 heavy (non-hydrogen) atoms. The fourth-order valence-electron chi connectivity index (χ4n) is 2.22. The first kappa shape index (κ1) is 18.7. The summed E-state index contributed by atoms with van der Waals surface area (Å²) in [4.78, 5) is 14.1. The second-order valence-electron chi connectivity index (χ2n) is 5.36. The molecule has 0 aliphatic carbocycles. The smallest absolute Gasteiger partial charge is 0.254 e. The van der Waals surface area contributed by atoms with Crippen LogP contribution in [-0.2, 0) is 10.0 Å². The largest absolute Gasteiger partial charge is 0.335 e. The van der Waals surface area contributed by atoms with E-state index in [-0.39, 0.29) is 16.8 Å². The minimum absolute atomic E-state index is 0.0223. The minimum atomic E-state index is -3.74. The number of carbonyl (C=O) groups excluding carboxylic acids is 1. The van der Waals surface area contributed by atoms with Crippen LogP contribution in [0, 0.1) is 0 Å². The number of nitrogens with zero attached hydrogens (tertiary/aromatic N) is 1. The van der Waals surface area contributed by atoms with Crippen molar-refractivity contribution in [3.63, 3.8) is 0 Å². The summed E-state index contributed by atoms with van der Waals surface area (Å²) in [6, 6.07) is 10.4. The lowest BCUT2D eigenvalue weighted by Gasteiger charge is -2.25. The van der Waals surface area contributed by atoms with E-state index in [9.17, 15) is 13.2 Å². The summed E-state index contributed by atoms with van der Waals surface area (Å²) < 4.78 is 22.6. The number of rotatable bonds is 4. The first-order chi connectivity index (χ1) is 11.1. The van der Waals surface area contributed by atoms with Gasteiger partial charge in [0.2, 0.25) is 10.0 Å². The van der Waals surface area contributed by atoms with Crippen LogP contribution in [0.25, 0.3) is 0 Å². The first-order valence-electron chi connectivity index (χ1n) is 6.95. The first-order valence-corrected chi connectivity index (χ1v) is 9.26. The molecule has 0 fully saturated rings. The Morgan fingerprint density at radius 3 is 2.04 bits per heavy atom. The Kier molecular flexibility index (Phi) is 5.55. The molecule has 128 valence electrons. The molecular weight excluding hydrogens is 371 g/mol. The number of primary sulfonamides is 1. The van der Waals surface area contributed by atoms with Gasteiger partial charge in [0, 0.05) is 22.7 Å². The van der Waals surface area contributed by atoms with Gasteiger partial charge in [0.1, 0.15) is 0 Å². The van der Waals surface area contributed by atoms with Gasteiger partial charge in [0.25, 0.3) is 5.91 Å². The van der Waals surface area contributed by atoms with Crippen LogP contribution in [0.5, 0.6) is 0 Å². The number of amides is 1. The van der Waals surface area contributed by atoms with Crippen molar-refractivity contribution in [1.82, 2.24) is 4.90 Å². The second-order valence-corrected chi connectivity index (χ2v) is 7.80. The van der Waals surface area contributed by atoms with Gasteiger partial charge in [-0.05, 0) is 42.8 Å². The van der Waals surface area contributed by atoms with Crippen molar-refractivity contribution in [3.8, 4) is 0 Å². The number of hydrogen-bond donors (Lipinski definition) is 1. The molecule has 0 saturated heterocycles. The molecule has 5 nitrogen and oxygen atoms in total. The Morgan fingerprint density at radius 2 is 1.58 bits per heavy atom. The maximum absolute atomic E-state index is 12.6. The average Bonchev–Trinajstić information content (AvgIpc) is 2.51. The molecule has 2 N–H and O–H groups in total. The summed E-state index contributed by atoms with van der Waals surface area (Å²) in [5.41, 5.74) is 1.15. The molecule has 2 rings (SSSR count). The van der Waals surface area contributed by atoms with Gasteiger partial charge in [-0.15, -0.1) is 0 Å². The molecule has 8 heteroatoms. The van der Waals surface area contributed by atoms with Crippen molar-refractivity contribution in [1.29, 1.82) is 0 Å². The second kappa shape index (κ2) is 7.11. The van der Waals surface area contributed by atoms with E-state index in [4.69, 9.17) is 28.3 Å². The number of carbonyl (C=O) groups is 1. The Labute approximate surface area is 151 Å². The van der Waals surface area contributed by atoms with Gasteiger partial charge in [0.15, 0.2) is 0 Å². The quantitative estimate of drug-likeness (QED) is 0.872. The Balaban J connectivity index is 2.25. The van der Waals surface area contributed by atoms with E-state index in [0.29, 0.717) is 15.6 Å². The summed E-state index contributed by atoms with van der Waals surface area (Å²) in [7, 11) is -2.10. The average molecular weight is 387 g/mol. The molecule has 2 aromatic rings. The standard InChI is InChI=1S/C16H16Cl2N2O3S/c1-10(11-3-5-15(6-4-11)24(19,22)23)20(2)16(21)12-7-13(17)9-14(18)8-12/h3-10H,1-2H3,(H2,19,22,23). The third-order valence-electron chi connectivity index (χ3n) is 3.70. The monoisotopic (exact) mass is 386 g/mol. The fraction of sp³-hybridized carbons (Fsp3) is 0.188. The van der Waals surface area contributed by atoms with Crippen LogP contribution >= 0.6 is 23.2 Å². The molecule has 1 amide bonds. The van der Waals surface area contributed by atoms with Crippen LogP contribution in [-0.4, -0.2) is 26.3 Å². The van der Waals surface area contributed by atoms with E-state index >= 15 is 0 Å².